The van der Waals surface area contributed by atoms with Gasteiger partial charge in [0.2, 0.25) is 5.78 Å². The molecule has 106 valence electrons. The lowest BCUT2D eigenvalue weighted by atomic mass is 10.2. The molecule has 0 bridgehead atoms. The normalized spacial score (nSPS) is 10.7. The van der Waals surface area contributed by atoms with Gasteiger partial charge in [0.15, 0.2) is 5.76 Å². The third-order valence-corrected chi connectivity index (χ3v) is 3.04. The summed E-state index contributed by atoms with van der Waals surface area (Å²) in [7, 11) is 0. The van der Waals surface area contributed by atoms with Gasteiger partial charge in [-0.15, -0.1) is 0 Å². The van der Waals surface area contributed by atoms with E-state index in [1.54, 1.807) is 26.0 Å². The van der Waals surface area contributed by atoms with Crippen LogP contribution in [0.25, 0.3) is 0 Å². The Morgan fingerprint density at radius 2 is 2.20 bits per heavy atom. The minimum absolute atomic E-state index is 0.0160. The number of Topliss-reactive ketones (excluding diaryl/α,β-unsaturated/α-hetero) is 1. The van der Waals surface area contributed by atoms with Gasteiger partial charge in [0.25, 0.3) is 0 Å². The molecular weight excluding hydrogens is 262 g/mol. The summed E-state index contributed by atoms with van der Waals surface area (Å²) in [5.74, 6) is -0.0343. The second kappa shape index (κ2) is 5.68. The van der Waals surface area contributed by atoms with Gasteiger partial charge in [-0.2, -0.15) is 5.10 Å². The van der Waals surface area contributed by atoms with Gasteiger partial charge in [0.05, 0.1) is 11.2 Å². The SMILES string of the molecule is CCc1nn(CC(=O)c2ccco2)c(CC)c1[N+](=O)[O-]. The first kappa shape index (κ1) is 14.0. The van der Waals surface area contributed by atoms with Gasteiger partial charge in [-0.05, 0) is 25.0 Å². The number of furan rings is 1. The summed E-state index contributed by atoms with van der Waals surface area (Å²) in [6, 6.07) is 3.18. The van der Waals surface area contributed by atoms with Gasteiger partial charge in [-0.1, -0.05) is 13.8 Å². The molecule has 0 N–H and O–H groups in total. The second-order valence-corrected chi connectivity index (χ2v) is 4.26. The van der Waals surface area contributed by atoms with E-state index in [-0.39, 0.29) is 23.8 Å². The summed E-state index contributed by atoms with van der Waals surface area (Å²) in [5, 5.41) is 15.3. The Morgan fingerprint density at radius 3 is 2.70 bits per heavy atom. The summed E-state index contributed by atoms with van der Waals surface area (Å²) in [5.41, 5.74) is 0.882. The zero-order valence-electron chi connectivity index (χ0n) is 11.3. The van der Waals surface area contributed by atoms with Crippen LogP contribution in [-0.2, 0) is 19.4 Å². The average Bonchev–Trinajstić information content (AvgIpc) is 3.05. The topological polar surface area (TPSA) is 91.2 Å². The van der Waals surface area contributed by atoms with Gasteiger partial charge in [-0.25, -0.2) is 0 Å². The van der Waals surface area contributed by atoms with Crippen LogP contribution in [0.1, 0.15) is 35.8 Å². The van der Waals surface area contributed by atoms with E-state index in [4.69, 9.17) is 4.42 Å². The Morgan fingerprint density at radius 1 is 1.45 bits per heavy atom. The molecule has 0 radical (unpaired) electrons. The van der Waals surface area contributed by atoms with Crippen molar-refractivity contribution in [3.8, 4) is 0 Å². The van der Waals surface area contributed by atoms with Crippen LogP contribution in [0.4, 0.5) is 5.69 Å². The average molecular weight is 277 g/mol. The fraction of sp³-hybridized carbons (Fsp3) is 0.385. The second-order valence-electron chi connectivity index (χ2n) is 4.26. The molecule has 0 atom stereocenters. The molecule has 7 nitrogen and oxygen atoms in total. The van der Waals surface area contributed by atoms with E-state index in [0.29, 0.717) is 24.2 Å². The number of aromatic nitrogens is 2. The monoisotopic (exact) mass is 277 g/mol. The summed E-state index contributed by atoms with van der Waals surface area (Å²) in [6.45, 7) is 3.54. The van der Waals surface area contributed by atoms with E-state index in [1.807, 2.05) is 0 Å². The standard InChI is InChI=1S/C13H15N3O4/c1-3-9-13(16(18)19)10(4-2)15(14-9)8-11(17)12-6-5-7-20-12/h5-7H,3-4,8H2,1-2H3. The highest BCUT2D eigenvalue weighted by molar-refractivity contribution is 5.93. The largest absolute Gasteiger partial charge is 0.461 e. The van der Waals surface area contributed by atoms with Crippen LogP contribution in [0.5, 0.6) is 0 Å². The van der Waals surface area contributed by atoms with E-state index < -0.39 is 4.92 Å². The van der Waals surface area contributed by atoms with Crippen molar-refractivity contribution in [2.24, 2.45) is 0 Å². The molecule has 7 heteroatoms. The number of rotatable bonds is 6. The summed E-state index contributed by atoms with van der Waals surface area (Å²) < 4.78 is 6.43. The van der Waals surface area contributed by atoms with Crippen LogP contribution in [0.3, 0.4) is 0 Å². The van der Waals surface area contributed by atoms with E-state index in [2.05, 4.69) is 5.10 Å². The van der Waals surface area contributed by atoms with E-state index >= 15 is 0 Å². The van der Waals surface area contributed by atoms with Crippen LogP contribution in [0, 0.1) is 10.1 Å². The van der Waals surface area contributed by atoms with E-state index in [0.717, 1.165) is 0 Å². The lowest BCUT2D eigenvalue weighted by Gasteiger charge is -2.02. The number of carbonyl (C=O) groups excluding carboxylic acids is 1. The van der Waals surface area contributed by atoms with Crippen molar-refractivity contribution in [3.05, 3.63) is 45.7 Å². The Hall–Kier alpha value is -2.44. The lowest BCUT2D eigenvalue weighted by molar-refractivity contribution is -0.386. The molecule has 2 aromatic rings. The van der Waals surface area contributed by atoms with Crippen molar-refractivity contribution in [1.82, 2.24) is 9.78 Å². The van der Waals surface area contributed by atoms with Crippen molar-refractivity contribution in [2.45, 2.75) is 33.2 Å². The summed E-state index contributed by atoms with van der Waals surface area (Å²) in [6.07, 6.45) is 2.30. The molecule has 0 amide bonds. The molecule has 0 aromatic carbocycles. The number of nitrogens with zero attached hydrogens (tertiary/aromatic N) is 3. The third kappa shape index (κ3) is 2.47. The highest BCUT2D eigenvalue weighted by atomic mass is 16.6. The molecule has 0 spiro atoms. The maximum absolute atomic E-state index is 12.0. The molecule has 2 aromatic heterocycles. The first-order valence-electron chi connectivity index (χ1n) is 6.38. The Bertz CT molecular complexity index is 628. The van der Waals surface area contributed by atoms with Gasteiger partial charge < -0.3 is 4.42 Å². The molecule has 0 aliphatic heterocycles. The van der Waals surface area contributed by atoms with Gasteiger partial charge >= 0.3 is 5.69 Å². The van der Waals surface area contributed by atoms with Gasteiger partial charge in [0, 0.05) is 0 Å². The fourth-order valence-electron chi connectivity index (χ4n) is 2.12. The molecule has 20 heavy (non-hydrogen) atoms. The quantitative estimate of drug-likeness (QED) is 0.459. The van der Waals surface area contributed by atoms with Crippen molar-refractivity contribution in [1.29, 1.82) is 0 Å². The van der Waals surface area contributed by atoms with Crippen LogP contribution < -0.4 is 0 Å². The maximum atomic E-state index is 12.0. The highest BCUT2D eigenvalue weighted by Crippen LogP contribution is 2.25. The smallest absolute Gasteiger partial charge is 0.313 e. The van der Waals surface area contributed by atoms with Crippen molar-refractivity contribution in [3.63, 3.8) is 0 Å². The van der Waals surface area contributed by atoms with Crippen molar-refractivity contribution < 1.29 is 14.1 Å². The Balaban J connectivity index is 2.37. The minimum Gasteiger partial charge on any atom is -0.461 e. The maximum Gasteiger partial charge on any atom is 0.313 e. The molecule has 0 fully saturated rings. The van der Waals surface area contributed by atoms with Crippen molar-refractivity contribution in [2.75, 3.05) is 0 Å². The predicted molar refractivity (Wildman–Crippen MR) is 70.7 cm³/mol. The fourth-order valence-corrected chi connectivity index (χ4v) is 2.12. The zero-order chi connectivity index (χ0) is 14.7. The van der Waals surface area contributed by atoms with E-state index in [1.165, 1.54) is 10.9 Å². The third-order valence-electron chi connectivity index (χ3n) is 3.04. The number of ketones is 1. The van der Waals surface area contributed by atoms with E-state index in [9.17, 15) is 14.9 Å². The first-order chi connectivity index (χ1) is 9.58. The number of aryl methyl sites for hydroxylation is 1. The predicted octanol–water partition coefficient (Wildman–Crippen LogP) is 2.39. The van der Waals surface area contributed by atoms with Crippen LogP contribution in [0.15, 0.2) is 22.8 Å². The lowest BCUT2D eigenvalue weighted by Crippen LogP contribution is -2.14. The number of hydrogen-bond donors (Lipinski definition) is 0. The highest BCUT2D eigenvalue weighted by Gasteiger charge is 2.26. The minimum atomic E-state index is -0.432. The molecule has 2 rings (SSSR count). The molecule has 0 unspecified atom stereocenters. The first-order valence-corrected chi connectivity index (χ1v) is 6.38. The molecule has 0 saturated carbocycles. The van der Waals surface area contributed by atoms with Gasteiger partial charge in [-0.3, -0.25) is 19.6 Å². The Kier molecular flexibility index (Phi) is 3.97. The Labute approximate surface area is 115 Å². The summed E-state index contributed by atoms with van der Waals surface area (Å²) >= 11 is 0. The number of carbonyl (C=O) groups is 1. The number of nitro groups is 1. The molecule has 0 saturated heterocycles. The number of hydrogen-bond acceptors (Lipinski definition) is 5. The van der Waals surface area contributed by atoms with Crippen LogP contribution >= 0.6 is 0 Å². The molecule has 2 heterocycles. The molecule has 0 aliphatic rings. The zero-order valence-corrected chi connectivity index (χ0v) is 11.3. The molecule has 0 aliphatic carbocycles. The van der Waals surface area contributed by atoms with Crippen LogP contribution in [0.2, 0.25) is 0 Å². The summed E-state index contributed by atoms with van der Waals surface area (Å²) in [4.78, 5) is 22.7. The van der Waals surface area contributed by atoms with Crippen LogP contribution in [-0.4, -0.2) is 20.5 Å². The molecular formula is C13H15N3O4. The van der Waals surface area contributed by atoms with Crippen molar-refractivity contribution >= 4 is 11.5 Å². The van der Waals surface area contributed by atoms with Gasteiger partial charge in [0.1, 0.15) is 17.9 Å².